The Morgan fingerprint density at radius 1 is 0.348 bits per heavy atom. The van der Waals surface area contributed by atoms with E-state index in [1.54, 1.807) is 0 Å². The molecule has 11 aromatic rings. The van der Waals surface area contributed by atoms with Gasteiger partial charge in [0.1, 0.15) is 11.2 Å². The number of hydrogen-bond donors (Lipinski definition) is 0. The van der Waals surface area contributed by atoms with E-state index >= 15 is 0 Å². The third-order valence-corrected chi connectivity index (χ3v) is 13.9. The van der Waals surface area contributed by atoms with Crippen LogP contribution in [0.2, 0.25) is 0 Å². The molecule has 0 spiro atoms. The average molecular weight is 895 g/mol. The third kappa shape index (κ3) is 7.92. The van der Waals surface area contributed by atoms with Crippen molar-refractivity contribution in [1.29, 1.82) is 0 Å². The summed E-state index contributed by atoms with van der Waals surface area (Å²) < 4.78 is 6.90. The van der Waals surface area contributed by atoms with Crippen LogP contribution >= 0.6 is 0 Å². The fraction of sp³-hybridized carbons (Fsp3) is 0.152. The summed E-state index contributed by atoms with van der Waals surface area (Å²) in [7, 11) is 0. The molecular formula is C66H58N2O. The van der Waals surface area contributed by atoms with E-state index in [0.717, 1.165) is 55.5 Å². The fourth-order valence-electron chi connectivity index (χ4n) is 10.4. The molecule has 1 heterocycles. The molecule has 0 fully saturated rings. The van der Waals surface area contributed by atoms with Crippen LogP contribution in [-0.4, -0.2) is 0 Å². The van der Waals surface area contributed by atoms with E-state index in [-0.39, 0.29) is 10.8 Å². The average Bonchev–Trinajstić information content (AvgIpc) is 3.69. The van der Waals surface area contributed by atoms with Crippen LogP contribution in [0.3, 0.4) is 0 Å². The molecule has 0 saturated carbocycles. The van der Waals surface area contributed by atoms with Gasteiger partial charge < -0.3 is 14.2 Å². The molecule has 11 rings (SSSR count). The van der Waals surface area contributed by atoms with E-state index in [4.69, 9.17) is 4.42 Å². The number of benzene rings is 10. The normalized spacial score (nSPS) is 12.1. The molecule has 0 amide bonds. The fourth-order valence-corrected chi connectivity index (χ4v) is 10.4. The molecule has 3 heteroatoms. The van der Waals surface area contributed by atoms with Crippen molar-refractivity contribution < 1.29 is 4.42 Å². The highest BCUT2D eigenvalue weighted by atomic mass is 16.3. The second-order valence-electron chi connectivity index (χ2n) is 20.7. The van der Waals surface area contributed by atoms with Gasteiger partial charge in [-0.3, -0.25) is 0 Å². The quantitative estimate of drug-likeness (QED) is 0.152. The minimum Gasteiger partial charge on any atom is -0.456 e. The smallest absolute Gasteiger partial charge is 0.136 e. The minimum absolute atomic E-state index is 0.122. The molecule has 0 unspecified atom stereocenters. The number of rotatable bonds is 8. The largest absolute Gasteiger partial charge is 0.456 e. The number of aryl methyl sites for hydroxylation is 2. The van der Waals surface area contributed by atoms with Crippen LogP contribution in [0.25, 0.3) is 65.7 Å². The lowest BCUT2D eigenvalue weighted by Gasteiger charge is -2.35. The zero-order chi connectivity index (χ0) is 47.6. The Morgan fingerprint density at radius 2 is 0.739 bits per heavy atom. The Hall–Kier alpha value is -7.88. The molecule has 0 N–H and O–H groups in total. The van der Waals surface area contributed by atoms with Crippen LogP contribution < -0.4 is 9.80 Å². The summed E-state index contributed by atoms with van der Waals surface area (Å²) in [6, 6.07) is 75.5. The van der Waals surface area contributed by atoms with E-state index < -0.39 is 0 Å². The molecule has 338 valence electrons. The Bertz CT molecular complexity index is 3470. The maximum atomic E-state index is 6.90. The predicted octanol–water partition coefficient (Wildman–Crippen LogP) is 19.4. The monoisotopic (exact) mass is 894 g/mol. The van der Waals surface area contributed by atoms with Crippen LogP contribution in [0.4, 0.5) is 34.1 Å². The molecule has 3 nitrogen and oxygen atoms in total. The van der Waals surface area contributed by atoms with E-state index in [0.29, 0.717) is 0 Å². The molecule has 0 aliphatic rings. The van der Waals surface area contributed by atoms with Crippen LogP contribution in [0.1, 0.15) is 63.8 Å². The van der Waals surface area contributed by atoms with Crippen LogP contribution in [0, 0.1) is 13.8 Å². The van der Waals surface area contributed by atoms with Crippen molar-refractivity contribution in [1.82, 2.24) is 0 Å². The Labute approximate surface area is 406 Å². The first-order valence-corrected chi connectivity index (χ1v) is 24.2. The van der Waals surface area contributed by atoms with E-state index in [1.807, 2.05) is 0 Å². The van der Waals surface area contributed by atoms with Crippen LogP contribution in [0.15, 0.2) is 211 Å². The van der Waals surface area contributed by atoms with E-state index in [1.165, 1.54) is 66.7 Å². The van der Waals surface area contributed by atoms with Gasteiger partial charge in [-0.1, -0.05) is 187 Å². The van der Waals surface area contributed by atoms with Crippen molar-refractivity contribution in [3.63, 3.8) is 0 Å². The molecule has 0 radical (unpaired) electrons. The second kappa shape index (κ2) is 17.0. The Kier molecular flexibility index (Phi) is 10.8. The topological polar surface area (TPSA) is 19.6 Å². The van der Waals surface area contributed by atoms with Crippen LogP contribution in [0.5, 0.6) is 0 Å². The molecule has 1 aromatic heterocycles. The van der Waals surface area contributed by atoms with Gasteiger partial charge in [0.25, 0.3) is 0 Å². The van der Waals surface area contributed by atoms with E-state index in [9.17, 15) is 0 Å². The molecule has 0 aliphatic carbocycles. The molecule has 69 heavy (non-hydrogen) atoms. The molecule has 0 aliphatic heterocycles. The minimum atomic E-state index is -0.122. The molecule has 10 aromatic carbocycles. The standard InChI is InChI=1S/C66H58N2O/c1-43-21-15-17-31-59(43)67(63-53(45-23-11-9-12-24-45)27-19-29-57(63)65(3,4)5)51-35-33-47-39-55-56-40-48-34-36-52(38-50(48)42-62(56)69-61(55)41-49(47)37-51)68(60-32-18-16-22-44(60)2)64-54(46-25-13-10-14-26-46)28-20-30-58(64)66(6,7)8/h9-42H,1-8H3. The van der Waals surface area contributed by atoms with Crippen molar-refractivity contribution in [3.8, 4) is 22.3 Å². The number of nitrogens with zero attached hydrogens (tertiary/aromatic N) is 2. The van der Waals surface area contributed by atoms with Gasteiger partial charge in [0, 0.05) is 44.6 Å². The molecule has 0 bridgehead atoms. The number of fused-ring (bicyclic) bond motifs is 5. The summed E-state index contributed by atoms with van der Waals surface area (Å²) in [6.45, 7) is 18.3. The molecule has 0 atom stereocenters. The number of furan rings is 1. The molecule has 0 saturated heterocycles. The third-order valence-electron chi connectivity index (χ3n) is 13.9. The summed E-state index contributed by atoms with van der Waals surface area (Å²) in [6.07, 6.45) is 0. The number of hydrogen-bond acceptors (Lipinski definition) is 3. The van der Waals surface area contributed by atoms with Gasteiger partial charge in [-0.15, -0.1) is 0 Å². The Balaban J connectivity index is 1.08. The van der Waals surface area contributed by atoms with Crippen molar-refractivity contribution in [2.24, 2.45) is 0 Å². The summed E-state index contributed by atoms with van der Waals surface area (Å²) >= 11 is 0. The van der Waals surface area contributed by atoms with Crippen molar-refractivity contribution in [3.05, 3.63) is 229 Å². The highest BCUT2D eigenvalue weighted by Gasteiger charge is 2.29. The lowest BCUT2D eigenvalue weighted by Crippen LogP contribution is -2.20. The summed E-state index contributed by atoms with van der Waals surface area (Å²) in [5.74, 6) is 0. The van der Waals surface area contributed by atoms with Gasteiger partial charge in [-0.05, 0) is 140 Å². The van der Waals surface area contributed by atoms with Crippen molar-refractivity contribution >= 4 is 77.6 Å². The number of anilines is 6. The maximum absolute atomic E-state index is 6.90. The lowest BCUT2D eigenvalue weighted by molar-refractivity contribution is 0.591. The second-order valence-corrected chi connectivity index (χ2v) is 20.7. The summed E-state index contributed by atoms with van der Waals surface area (Å²) in [4.78, 5) is 4.96. The van der Waals surface area contributed by atoms with Gasteiger partial charge in [-0.2, -0.15) is 0 Å². The zero-order valence-corrected chi connectivity index (χ0v) is 40.9. The summed E-state index contributed by atoms with van der Waals surface area (Å²) in [5.41, 5.74) is 18.2. The van der Waals surface area contributed by atoms with Gasteiger partial charge >= 0.3 is 0 Å². The highest BCUT2D eigenvalue weighted by Crippen LogP contribution is 2.50. The maximum Gasteiger partial charge on any atom is 0.136 e. The van der Waals surface area contributed by atoms with Crippen LogP contribution in [-0.2, 0) is 10.8 Å². The van der Waals surface area contributed by atoms with E-state index in [2.05, 4.69) is 271 Å². The first-order valence-electron chi connectivity index (χ1n) is 24.2. The first kappa shape index (κ1) is 43.7. The van der Waals surface area contributed by atoms with Gasteiger partial charge in [0.05, 0.1) is 11.4 Å². The van der Waals surface area contributed by atoms with Crippen molar-refractivity contribution in [2.45, 2.75) is 66.2 Å². The molecular weight excluding hydrogens is 837 g/mol. The van der Waals surface area contributed by atoms with Gasteiger partial charge in [0.15, 0.2) is 0 Å². The van der Waals surface area contributed by atoms with Gasteiger partial charge in [0.2, 0.25) is 0 Å². The predicted molar refractivity (Wildman–Crippen MR) is 296 cm³/mol. The first-order chi connectivity index (χ1) is 33.3. The number of para-hydroxylation sites is 4. The SMILES string of the molecule is Cc1ccccc1N(c1ccc2cc3c(cc2c1)oc1cc2cc(N(c4ccccc4C)c4c(-c5ccccc5)cccc4C(C)(C)C)ccc2cc13)c1c(-c2ccccc2)cccc1C(C)(C)C. The summed E-state index contributed by atoms with van der Waals surface area (Å²) in [5, 5.41) is 6.82. The lowest BCUT2D eigenvalue weighted by atomic mass is 9.82. The van der Waals surface area contributed by atoms with Crippen molar-refractivity contribution in [2.75, 3.05) is 9.80 Å². The van der Waals surface area contributed by atoms with Gasteiger partial charge in [-0.25, -0.2) is 0 Å². The highest BCUT2D eigenvalue weighted by molar-refractivity contribution is 6.14. The Morgan fingerprint density at radius 3 is 1.13 bits per heavy atom. The zero-order valence-electron chi connectivity index (χ0n) is 40.9.